The van der Waals surface area contributed by atoms with Crippen LogP contribution in [0.1, 0.15) is 15.9 Å². The Kier molecular flexibility index (Phi) is 4.35. The number of benzene rings is 1. The third kappa shape index (κ3) is 3.52. The number of nitrogens with zero attached hydrogens (tertiary/aromatic N) is 1. The van der Waals surface area contributed by atoms with Crippen molar-refractivity contribution in [3.63, 3.8) is 0 Å². The van der Waals surface area contributed by atoms with Crippen molar-refractivity contribution < 1.29 is 18.0 Å². The second kappa shape index (κ2) is 5.85. The van der Waals surface area contributed by atoms with Crippen LogP contribution in [-0.2, 0) is 6.18 Å². The van der Waals surface area contributed by atoms with Gasteiger partial charge in [-0.3, -0.25) is 4.79 Å². The van der Waals surface area contributed by atoms with Crippen molar-refractivity contribution >= 4 is 29.6 Å². The van der Waals surface area contributed by atoms with Crippen molar-refractivity contribution in [2.75, 3.05) is 0 Å². The minimum atomic E-state index is -4.41. The van der Waals surface area contributed by atoms with Gasteiger partial charge < -0.3 is 0 Å². The maximum atomic E-state index is 12.4. The number of hydrogen-bond acceptors (Lipinski definition) is 3. The highest BCUT2D eigenvalue weighted by atomic mass is 35.5. The lowest BCUT2D eigenvalue weighted by atomic mass is 10.2. The van der Waals surface area contributed by atoms with Gasteiger partial charge in [0.1, 0.15) is 5.03 Å². The third-order valence-corrected chi connectivity index (χ3v) is 3.65. The predicted octanol–water partition coefficient (Wildman–Crippen LogP) is 4.72. The number of carbonyl (C=O) groups excluding carboxylic acids is 1. The van der Waals surface area contributed by atoms with Crippen LogP contribution < -0.4 is 0 Å². The van der Waals surface area contributed by atoms with Gasteiger partial charge in [0.2, 0.25) is 0 Å². The zero-order valence-electron chi connectivity index (χ0n) is 9.82. The van der Waals surface area contributed by atoms with E-state index in [1.807, 2.05) is 0 Å². The second-order valence-corrected chi connectivity index (χ2v) is 5.28. The molecule has 0 aliphatic heterocycles. The van der Waals surface area contributed by atoms with Crippen molar-refractivity contribution in [1.82, 2.24) is 4.98 Å². The summed E-state index contributed by atoms with van der Waals surface area (Å²) in [4.78, 5) is 15.2. The summed E-state index contributed by atoms with van der Waals surface area (Å²) in [6, 6.07) is 6.92. The SMILES string of the molecule is O=Cc1cc(Cl)ccc1Sc1ccc(C(F)(F)F)cn1. The summed E-state index contributed by atoms with van der Waals surface area (Å²) < 4.78 is 37.2. The van der Waals surface area contributed by atoms with Gasteiger partial charge in [0, 0.05) is 21.7 Å². The lowest BCUT2D eigenvalue weighted by Gasteiger charge is -2.07. The van der Waals surface area contributed by atoms with E-state index in [0.29, 0.717) is 26.8 Å². The molecular formula is C13H7ClF3NOS. The lowest BCUT2D eigenvalue weighted by Crippen LogP contribution is -2.05. The molecule has 0 amide bonds. The Balaban J connectivity index is 2.25. The van der Waals surface area contributed by atoms with Gasteiger partial charge in [0.15, 0.2) is 6.29 Å². The molecule has 0 atom stereocenters. The van der Waals surface area contributed by atoms with E-state index in [1.165, 1.54) is 12.1 Å². The van der Waals surface area contributed by atoms with E-state index >= 15 is 0 Å². The minimum absolute atomic E-state index is 0.364. The molecule has 0 saturated heterocycles. The number of halogens is 4. The van der Waals surface area contributed by atoms with Crippen LogP contribution >= 0.6 is 23.4 Å². The van der Waals surface area contributed by atoms with Gasteiger partial charge in [-0.1, -0.05) is 23.4 Å². The molecule has 0 aliphatic carbocycles. The van der Waals surface area contributed by atoms with Crippen LogP contribution in [0.5, 0.6) is 0 Å². The highest BCUT2D eigenvalue weighted by molar-refractivity contribution is 7.99. The van der Waals surface area contributed by atoms with E-state index < -0.39 is 11.7 Å². The molecule has 0 bridgehead atoms. The van der Waals surface area contributed by atoms with Crippen LogP contribution in [0.3, 0.4) is 0 Å². The van der Waals surface area contributed by atoms with Crippen molar-refractivity contribution in [2.45, 2.75) is 16.1 Å². The Hall–Kier alpha value is -1.53. The van der Waals surface area contributed by atoms with E-state index in [-0.39, 0.29) is 0 Å². The van der Waals surface area contributed by atoms with Gasteiger partial charge in [-0.25, -0.2) is 4.98 Å². The first-order chi connectivity index (χ1) is 9.40. The molecule has 0 fully saturated rings. The Morgan fingerprint density at radius 3 is 2.50 bits per heavy atom. The monoisotopic (exact) mass is 317 g/mol. The molecule has 0 spiro atoms. The van der Waals surface area contributed by atoms with Crippen LogP contribution in [0, 0.1) is 0 Å². The number of carbonyl (C=O) groups is 1. The van der Waals surface area contributed by atoms with Gasteiger partial charge >= 0.3 is 6.18 Å². The molecule has 2 nitrogen and oxygen atoms in total. The molecule has 7 heteroatoms. The number of alkyl halides is 3. The van der Waals surface area contributed by atoms with Crippen LogP contribution in [0.15, 0.2) is 46.5 Å². The van der Waals surface area contributed by atoms with Gasteiger partial charge in [-0.05, 0) is 30.3 Å². The van der Waals surface area contributed by atoms with Gasteiger partial charge in [-0.15, -0.1) is 0 Å². The average molecular weight is 318 g/mol. The first-order valence-corrected chi connectivity index (χ1v) is 6.55. The number of rotatable bonds is 3. The Bertz CT molecular complexity index is 629. The summed E-state index contributed by atoms with van der Waals surface area (Å²) in [7, 11) is 0. The normalized spacial score (nSPS) is 11.4. The van der Waals surface area contributed by atoms with Crippen LogP contribution in [0.4, 0.5) is 13.2 Å². The fourth-order valence-electron chi connectivity index (χ4n) is 1.43. The van der Waals surface area contributed by atoms with Crippen LogP contribution in [-0.4, -0.2) is 11.3 Å². The molecular weight excluding hydrogens is 311 g/mol. The molecule has 0 radical (unpaired) electrons. The summed E-state index contributed by atoms with van der Waals surface area (Å²) in [6.45, 7) is 0. The van der Waals surface area contributed by atoms with E-state index in [2.05, 4.69) is 4.98 Å². The molecule has 1 aromatic heterocycles. The highest BCUT2D eigenvalue weighted by Gasteiger charge is 2.30. The molecule has 0 unspecified atom stereocenters. The predicted molar refractivity (Wildman–Crippen MR) is 70.2 cm³/mol. The number of pyridine rings is 1. The summed E-state index contributed by atoms with van der Waals surface area (Å²) in [5.41, 5.74) is -0.447. The van der Waals surface area contributed by atoms with Gasteiger partial charge in [-0.2, -0.15) is 13.2 Å². The molecule has 2 aromatic rings. The van der Waals surface area contributed by atoms with E-state index in [0.717, 1.165) is 24.0 Å². The summed E-state index contributed by atoms with van der Waals surface area (Å²) in [5, 5.41) is 0.778. The molecule has 1 heterocycles. The first-order valence-electron chi connectivity index (χ1n) is 5.36. The quantitative estimate of drug-likeness (QED) is 0.767. The Labute approximate surface area is 122 Å². The number of aldehydes is 1. The van der Waals surface area contributed by atoms with Crippen molar-refractivity contribution in [3.8, 4) is 0 Å². The summed E-state index contributed by atoms with van der Waals surface area (Å²) >= 11 is 6.86. The Morgan fingerprint density at radius 1 is 1.20 bits per heavy atom. The molecule has 104 valence electrons. The topological polar surface area (TPSA) is 30.0 Å². The largest absolute Gasteiger partial charge is 0.417 e. The number of aromatic nitrogens is 1. The lowest BCUT2D eigenvalue weighted by molar-refractivity contribution is -0.137. The van der Waals surface area contributed by atoms with Crippen LogP contribution in [0.2, 0.25) is 5.02 Å². The van der Waals surface area contributed by atoms with Crippen molar-refractivity contribution in [3.05, 3.63) is 52.7 Å². The standard InChI is InChI=1S/C13H7ClF3NOS/c14-10-2-3-11(8(5-10)7-19)20-12-4-1-9(6-18-12)13(15,16)17/h1-7H. The highest BCUT2D eigenvalue weighted by Crippen LogP contribution is 2.33. The molecule has 2 rings (SSSR count). The Morgan fingerprint density at radius 2 is 1.95 bits per heavy atom. The molecule has 0 aliphatic rings. The maximum Gasteiger partial charge on any atom is 0.417 e. The second-order valence-electron chi connectivity index (χ2n) is 3.78. The maximum absolute atomic E-state index is 12.4. The first kappa shape index (κ1) is 14.9. The molecule has 1 aromatic carbocycles. The third-order valence-electron chi connectivity index (χ3n) is 2.38. The minimum Gasteiger partial charge on any atom is -0.298 e. The average Bonchev–Trinajstić information content (AvgIpc) is 2.40. The van der Waals surface area contributed by atoms with Gasteiger partial charge in [0.05, 0.1) is 5.56 Å². The zero-order chi connectivity index (χ0) is 14.8. The van der Waals surface area contributed by atoms with Gasteiger partial charge in [0.25, 0.3) is 0 Å². The fraction of sp³-hybridized carbons (Fsp3) is 0.0769. The summed E-state index contributed by atoms with van der Waals surface area (Å²) in [6.07, 6.45) is -3.01. The number of hydrogen-bond donors (Lipinski definition) is 0. The van der Waals surface area contributed by atoms with E-state index in [9.17, 15) is 18.0 Å². The summed E-state index contributed by atoms with van der Waals surface area (Å²) in [5.74, 6) is 0. The molecule has 0 N–H and O–H groups in total. The van der Waals surface area contributed by atoms with E-state index in [4.69, 9.17) is 11.6 Å². The molecule has 0 saturated carbocycles. The van der Waals surface area contributed by atoms with Crippen molar-refractivity contribution in [2.24, 2.45) is 0 Å². The zero-order valence-corrected chi connectivity index (χ0v) is 11.4. The van der Waals surface area contributed by atoms with E-state index in [1.54, 1.807) is 12.1 Å². The molecule has 20 heavy (non-hydrogen) atoms. The fourth-order valence-corrected chi connectivity index (χ4v) is 2.43. The smallest absolute Gasteiger partial charge is 0.298 e. The van der Waals surface area contributed by atoms with Crippen molar-refractivity contribution in [1.29, 1.82) is 0 Å². The van der Waals surface area contributed by atoms with Crippen LogP contribution in [0.25, 0.3) is 0 Å².